The van der Waals surface area contributed by atoms with Gasteiger partial charge in [-0.05, 0) is 18.4 Å². The molecular weight excluding hydrogens is 416 g/mol. The Balaban J connectivity index is 0.00000180. The maximum absolute atomic E-state index is 11.1. The molecule has 99 valence electrons. The van der Waals surface area contributed by atoms with Crippen molar-refractivity contribution >= 4 is 28.9 Å². The molecule has 0 atom stereocenters. The molecule has 2 N–H and O–H groups in total. The molecular formula is C13H12N3O2Re-. The van der Waals surface area contributed by atoms with Crippen molar-refractivity contribution in [1.82, 2.24) is 4.98 Å². The smallest absolute Gasteiger partial charge is 0.320 e. The first-order valence-electron chi connectivity index (χ1n) is 5.35. The second-order valence-corrected chi connectivity index (χ2v) is 4.00. The molecule has 0 unspecified atom stereocenters. The van der Waals surface area contributed by atoms with Crippen LogP contribution in [0.25, 0.3) is 10.8 Å². The zero-order valence-electron chi connectivity index (χ0n) is 10.5. The first kappa shape index (κ1) is 15.3. The summed E-state index contributed by atoms with van der Waals surface area (Å²) in [5.74, 6) is 0.454. The summed E-state index contributed by atoms with van der Waals surface area (Å²) in [4.78, 5) is 27.3. The Kier molecular flexibility index (Phi) is 4.76. The Morgan fingerprint density at radius 2 is 2.05 bits per heavy atom. The molecule has 0 bridgehead atoms. The third-order valence-corrected chi connectivity index (χ3v) is 2.80. The van der Waals surface area contributed by atoms with Gasteiger partial charge in [-0.25, -0.2) is 9.78 Å². The van der Waals surface area contributed by atoms with Gasteiger partial charge in [0.1, 0.15) is 5.82 Å². The molecule has 0 saturated heterocycles. The largest absolute Gasteiger partial charge is 0.376 e. The molecule has 0 spiro atoms. The topological polar surface area (TPSA) is 76.3 Å². The zero-order chi connectivity index (χ0) is 13.3. The van der Waals surface area contributed by atoms with Gasteiger partial charge in [-0.1, -0.05) is 5.39 Å². The number of nitrogens with zero attached hydrogens (tertiary/aromatic N) is 2. The Morgan fingerprint density at radius 3 is 2.63 bits per heavy atom. The minimum atomic E-state index is -0.584. The molecule has 1 heterocycles. The van der Waals surface area contributed by atoms with E-state index in [4.69, 9.17) is 5.73 Å². The van der Waals surface area contributed by atoms with Crippen LogP contribution in [-0.2, 0) is 25.2 Å². The Bertz CT molecular complexity index is 643. The SMILES string of the molecule is Cc1nc(N(C)C(N)=O)cc2cc([C-]=O)ccc12.[Re]. The van der Waals surface area contributed by atoms with Gasteiger partial charge in [0, 0.05) is 33.2 Å². The fourth-order valence-corrected chi connectivity index (χ4v) is 1.76. The molecule has 2 amide bonds. The number of aryl methyl sites for hydroxylation is 1. The molecule has 1 aromatic carbocycles. The van der Waals surface area contributed by atoms with Crippen LogP contribution in [-0.4, -0.2) is 24.3 Å². The van der Waals surface area contributed by atoms with Crippen LogP contribution < -0.4 is 10.6 Å². The molecule has 2 aromatic rings. The van der Waals surface area contributed by atoms with Crippen molar-refractivity contribution in [2.75, 3.05) is 11.9 Å². The quantitative estimate of drug-likeness (QED) is 0.737. The molecule has 19 heavy (non-hydrogen) atoms. The first-order chi connectivity index (χ1) is 8.52. The molecule has 0 aliphatic heterocycles. The van der Waals surface area contributed by atoms with Crippen molar-refractivity contribution in [3.63, 3.8) is 0 Å². The molecule has 1 aromatic heterocycles. The molecule has 2 rings (SSSR count). The van der Waals surface area contributed by atoms with Crippen molar-refractivity contribution in [1.29, 1.82) is 0 Å². The second-order valence-electron chi connectivity index (χ2n) is 4.00. The minimum absolute atomic E-state index is 0. The van der Waals surface area contributed by atoms with E-state index in [9.17, 15) is 9.59 Å². The van der Waals surface area contributed by atoms with Crippen LogP contribution in [0.15, 0.2) is 24.3 Å². The van der Waals surface area contributed by atoms with Crippen molar-refractivity contribution < 1.29 is 30.0 Å². The number of aromatic nitrogens is 1. The summed E-state index contributed by atoms with van der Waals surface area (Å²) in [6.45, 7) is 1.84. The van der Waals surface area contributed by atoms with Crippen molar-refractivity contribution in [3.05, 3.63) is 35.5 Å². The van der Waals surface area contributed by atoms with Gasteiger partial charge in [-0.15, -0.1) is 6.07 Å². The molecule has 5 nitrogen and oxygen atoms in total. The number of hydrogen-bond acceptors (Lipinski definition) is 3. The van der Waals surface area contributed by atoms with Gasteiger partial charge >= 0.3 is 6.03 Å². The van der Waals surface area contributed by atoms with E-state index < -0.39 is 6.03 Å². The number of urea groups is 1. The summed E-state index contributed by atoms with van der Waals surface area (Å²) in [7, 11) is 1.55. The van der Waals surface area contributed by atoms with Crippen LogP contribution in [0.2, 0.25) is 0 Å². The number of amides is 2. The van der Waals surface area contributed by atoms with Crippen LogP contribution in [0.1, 0.15) is 11.3 Å². The fraction of sp³-hybridized carbons (Fsp3) is 0.154. The van der Waals surface area contributed by atoms with Gasteiger partial charge in [-0.3, -0.25) is 4.90 Å². The maximum Gasteiger partial charge on any atom is 0.320 e. The molecule has 1 radical (unpaired) electrons. The van der Waals surface area contributed by atoms with Crippen LogP contribution >= 0.6 is 0 Å². The van der Waals surface area contributed by atoms with E-state index in [0.717, 1.165) is 16.5 Å². The van der Waals surface area contributed by atoms with Crippen molar-refractivity contribution in [2.24, 2.45) is 5.73 Å². The summed E-state index contributed by atoms with van der Waals surface area (Å²) in [5, 5.41) is 1.75. The number of primary amides is 1. The molecule has 0 aliphatic carbocycles. The van der Waals surface area contributed by atoms with E-state index in [1.807, 2.05) is 19.3 Å². The van der Waals surface area contributed by atoms with E-state index in [1.165, 1.54) is 4.90 Å². The number of hydrogen-bond donors (Lipinski definition) is 1. The zero-order valence-corrected chi connectivity index (χ0v) is 13.2. The van der Waals surface area contributed by atoms with Crippen LogP contribution in [0.5, 0.6) is 0 Å². The predicted octanol–water partition coefficient (Wildman–Crippen LogP) is 1.51. The predicted molar refractivity (Wildman–Crippen MR) is 69.3 cm³/mol. The molecule has 6 heteroatoms. The number of rotatable bonds is 2. The summed E-state index contributed by atoms with van der Waals surface area (Å²) < 4.78 is 0. The summed E-state index contributed by atoms with van der Waals surface area (Å²) in [5.41, 5.74) is 6.43. The van der Waals surface area contributed by atoms with Gasteiger partial charge in [0.25, 0.3) is 0 Å². The Labute approximate surface area is 124 Å². The van der Waals surface area contributed by atoms with E-state index in [2.05, 4.69) is 4.98 Å². The normalized spacial score (nSPS) is 9.79. The van der Waals surface area contributed by atoms with Crippen LogP contribution in [0, 0.1) is 6.92 Å². The molecule has 0 aliphatic rings. The van der Waals surface area contributed by atoms with Gasteiger partial charge in [-0.2, -0.15) is 17.7 Å². The summed E-state index contributed by atoms with van der Waals surface area (Å²) in [6, 6.07) is 6.33. The van der Waals surface area contributed by atoms with Crippen LogP contribution in [0.3, 0.4) is 0 Å². The number of carbonyl (C=O) groups is 1. The minimum Gasteiger partial charge on any atom is -0.376 e. The monoisotopic (exact) mass is 429 g/mol. The third-order valence-electron chi connectivity index (χ3n) is 2.80. The maximum atomic E-state index is 11.1. The average Bonchev–Trinajstić information content (AvgIpc) is 2.36. The van der Waals surface area contributed by atoms with Crippen molar-refractivity contribution in [3.8, 4) is 0 Å². The van der Waals surface area contributed by atoms with E-state index in [1.54, 1.807) is 25.2 Å². The summed E-state index contributed by atoms with van der Waals surface area (Å²) in [6.07, 6.45) is 1.83. The number of pyridine rings is 1. The second kappa shape index (κ2) is 5.92. The van der Waals surface area contributed by atoms with Gasteiger partial charge in [0.2, 0.25) is 0 Å². The van der Waals surface area contributed by atoms with E-state index in [-0.39, 0.29) is 20.4 Å². The summed E-state index contributed by atoms with van der Waals surface area (Å²) >= 11 is 0. The van der Waals surface area contributed by atoms with Crippen LogP contribution in [0.4, 0.5) is 10.6 Å². The first-order valence-corrected chi connectivity index (χ1v) is 5.35. The molecule has 0 fully saturated rings. The number of carbonyl (C=O) groups excluding carboxylic acids is 2. The van der Waals surface area contributed by atoms with E-state index >= 15 is 0 Å². The fourth-order valence-electron chi connectivity index (χ4n) is 1.76. The van der Waals surface area contributed by atoms with Gasteiger partial charge in [0.05, 0.1) is 6.29 Å². The number of nitrogens with two attached hydrogens (primary N) is 1. The number of anilines is 1. The standard InChI is InChI=1S/C13H12N3O2.Re/c1-8-11-4-3-9(7-17)5-10(11)6-12(15-8)16(2)13(14)18;/h3-6H,1-2H3,(H2,14,18);/q-1;. The Hall–Kier alpha value is -1.77. The Morgan fingerprint density at radius 1 is 1.37 bits per heavy atom. The third kappa shape index (κ3) is 2.98. The van der Waals surface area contributed by atoms with E-state index in [0.29, 0.717) is 11.4 Å². The van der Waals surface area contributed by atoms with Crippen molar-refractivity contribution in [2.45, 2.75) is 6.92 Å². The average molecular weight is 428 g/mol. The number of fused-ring (bicyclic) bond motifs is 1. The molecule has 0 saturated carbocycles. The van der Waals surface area contributed by atoms with Gasteiger partial charge < -0.3 is 10.5 Å². The van der Waals surface area contributed by atoms with Gasteiger partial charge in [0.15, 0.2) is 0 Å². The number of benzene rings is 1.